The number of hydrogen-bond acceptors (Lipinski definition) is 10. The van der Waals surface area contributed by atoms with Crippen LogP contribution in [0.2, 0.25) is 0 Å². The Balaban J connectivity index is 4.56. The Labute approximate surface area is 350 Å². The minimum Gasteiger partial charge on any atom is -0.462 e. The van der Waals surface area contributed by atoms with Crippen LogP contribution in [0, 0.1) is 0 Å². The van der Waals surface area contributed by atoms with E-state index >= 15 is 0 Å². The Hall–Kier alpha value is -2.89. The van der Waals surface area contributed by atoms with Crippen LogP contribution in [-0.4, -0.2) is 76.9 Å². The normalized spacial score (nSPS) is 15.2. The van der Waals surface area contributed by atoms with Gasteiger partial charge in [0.15, 0.2) is 6.10 Å². The smallest absolute Gasteiger partial charge is 0.462 e. The molecular weight excluding hydrogens is 759 g/mol. The molecule has 11 nitrogen and oxygen atoms in total. The largest absolute Gasteiger partial charge is 0.472 e. The number of unbranched alkanes of at least 4 members (excludes halogenated alkanes) is 11. The molecule has 0 fully saturated rings. The van der Waals surface area contributed by atoms with Crippen LogP contribution in [0.1, 0.15) is 149 Å². The highest BCUT2D eigenvalue weighted by molar-refractivity contribution is 7.47. The van der Waals surface area contributed by atoms with E-state index in [9.17, 15) is 29.3 Å². The molecule has 0 heterocycles. The first-order chi connectivity index (χ1) is 28.1. The lowest BCUT2D eigenvalue weighted by molar-refractivity contribution is -0.161. The van der Waals surface area contributed by atoms with Gasteiger partial charge in [0.2, 0.25) is 0 Å². The van der Waals surface area contributed by atoms with Crippen molar-refractivity contribution in [1.82, 2.24) is 0 Å². The molecule has 0 aromatic rings. The number of carbonyl (C=O) groups excluding carboxylic acids is 2. The summed E-state index contributed by atoms with van der Waals surface area (Å²) in [5.74, 6) is -1.10. The molecule has 4 N–H and O–H groups in total. The predicted octanol–water partition coefficient (Wildman–Crippen LogP) is 10.4. The Morgan fingerprint density at radius 1 is 0.586 bits per heavy atom. The quantitative estimate of drug-likeness (QED) is 0.0153. The second kappa shape index (κ2) is 40.9. The number of ether oxygens (including phenoxy) is 2. The van der Waals surface area contributed by atoms with E-state index in [2.05, 4.69) is 54.8 Å². The number of aliphatic hydroxyl groups excluding tert-OH is 3. The zero-order valence-corrected chi connectivity index (χ0v) is 36.5. The van der Waals surface area contributed by atoms with E-state index in [-0.39, 0.29) is 19.4 Å². The molecule has 0 saturated heterocycles. The summed E-state index contributed by atoms with van der Waals surface area (Å²) in [5, 5.41) is 28.3. The van der Waals surface area contributed by atoms with Gasteiger partial charge in [-0.15, -0.1) is 0 Å². The van der Waals surface area contributed by atoms with Crippen molar-refractivity contribution >= 4 is 19.8 Å². The monoisotopic (exact) mass is 837 g/mol. The third kappa shape index (κ3) is 39.9. The van der Waals surface area contributed by atoms with Gasteiger partial charge >= 0.3 is 19.8 Å². The van der Waals surface area contributed by atoms with E-state index in [4.69, 9.17) is 19.1 Å². The van der Waals surface area contributed by atoms with Gasteiger partial charge in [-0.05, 0) is 77.0 Å². The summed E-state index contributed by atoms with van der Waals surface area (Å²) in [5.41, 5.74) is 0. The summed E-state index contributed by atoms with van der Waals surface area (Å²) in [7, 11) is -4.66. The van der Waals surface area contributed by atoms with Crippen molar-refractivity contribution in [2.24, 2.45) is 0 Å². The standard InChI is InChI=1S/C46H77O11P/c1-3-5-7-9-11-12-13-14-15-16-17-18-19-20-24-28-32-36-45(50)54-40-44(41-56-58(52,53)55-39-43(49)38-47)57-46(51)37-33-29-25-22-21-23-27-31-35-42(48)34-30-26-10-8-6-4-2/h14-15,17-18,20,22-27,30-31,35,42-44,47-49H,3-13,16,19,21,28-29,32-34,36-41H2,1-2H3,(H,52,53)/b15-14-,18-17-,24-20-,25-22-,27-23-,30-26-,35-31+/t42-,43-,44+/m0/s1. The number of esters is 2. The Morgan fingerprint density at radius 2 is 1.09 bits per heavy atom. The Bertz CT molecular complexity index is 1250. The fraction of sp³-hybridized carbons (Fsp3) is 0.652. The van der Waals surface area contributed by atoms with Crippen LogP contribution in [0.25, 0.3) is 0 Å². The molecule has 0 spiro atoms. The Morgan fingerprint density at radius 3 is 1.72 bits per heavy atom. The summed E-state index contributed by atoms with van der Waals surface area (Å²) in [6.07, 6.45) is 44.5. The predicted molar refractivity (Wildman–Crippen MR) is 234 cm³/mol. The molecule has 0 bridgehead atoms. The number of phosphoric acid groups is 1. The zero-order chi connectivity index (χ0) is 42.8. The molecule has 4 atom stereocenters. The topological polar surface area (TPSA) is 169 Å². The number of carbonyl (C=O) groups is 2. The number of rotatable bonds is 39. The summed E-state index contributed by atoms with van der Waals surface area (Å²) in [6.45, 7) is 2.11. The molecule has 0 amide bonds. The molecule has 332 valence electrons. The van der Waals surface area contributed by atoms with Crippen LogP contribution in [0.5, 0.6) is 0 Å². The lowest BCUT2D eigenvalue weighted by Gasteiger charge is -2.20. The maximum atomic E-state index is 12.6. The van der Waals surface area contributed by atoms with Crippen LogP contribution >= 0.6 is 7.82 Å². The van der Waals surface area contributed by atoms with Gasteiger partial charge in [-0.3, -0.25) is 18.6 Å². The number of hydrogen-bond donors (Lipinski definition) is 4. The van der Waals surface area contributed by atoms with Crippen molar-refractivity contribution in [2.45, 2.75) is 167 Å². The highest BCUT2D eigenvalue weighted by atomic mass is 31.2. The minimum atomic E-state index is -4.66. The Kier molecular flexibility index (Phi) is 38.8. The molecule has 12 heteroatoms. The van der Waals surface area contributed by atoms with E-state index in [1.54, 1.807) is 6.08 Å². The first-order valence-electron chi connectivity index (χ1n) is 21.7. The molecule has 0 saturated carbocycles. The first-order valence-corrected chi connectivity index (χ1v) is 23.1. The molecule has 0 radical (unpaired) electrons. The molecule has 58 heavy (non-hydrogen) atoms. The third-order valence-corrected chi connectivity index (χ3v) is 9.55. The van der Waals surface area contributed by atoms with E-state index in [0.29, 0.717) is 38.5 Å². The third-order valence-electron chi connectivity index (χ3n) is 8.60. The van der Waals surface area contributed by atoms with Crippen molar-refractivity contribution in [1.29, 1.82) is 0 Å². The van der Waals surface area contributed by atoms with Crippen molar-refractivity contribution in [2.75, 3.05) is 26.4 Å². The van der Waals surface area contributed by atoms with Crippen LogP contribution in [0.4, 0.5) is 0 Å². The molecular formula is C46H77O11P. The van der Waals surface area contributed by atoms with Gasteiger partial charge in [-0.2, -0.15) is 0 Å². The van der Waals surface area contributed by atoms with Crippen LogP contribution in [0.3, 0.4) is 0 Å². The van der Waals surface area contributed by atoms with E-state index in [1.165, 1.54) is 57.8 Å². The number of phosphoric ester groups is 1. The average molecular weight is 837 g/mol. The van der Waals surface area contributed by atoms with E-state index in [0.717, 1.165) is 25.7 Å². The van der Waals surface area contributed by atoms with Crippen LogP contribution in [0.15, 0.2) is 85.1 Å². The molecule has 0 aliphatic rings. The van der Waals surface area contributed by atoms with Gasteiger partial charge in [-0.25, -0.2) is 4.57 Å². The highest BCUT2D eigenvalue weighted by Gasteiger charge is 2.27. The van der Waals surface area contributed by atoms with Gasteiger partial charge in [0, 0.05) is 12.8 Å². The van der Waals surface area contributed by atoms with Crippen molar-refractivity contribution in [3.8, 4) is 0 Å². The first kappa shape index (κ1) is 55.1. The zero-order valence-electron chi connectivity index (χ0n) is 35.6. The summed E-state index contributed by atoms with van der Waals surface area (Å²) in [6, 6.07) is 0. The molecule has 0 aromatic carbocycles. The van der Waals surface area contributed by atoms with Crippen molar-refractivity contribution < 1.29 is 52.9 Å². The summed E-state index contributed by atoms with van der Waals surface area (Å²) < 4.78 is 32.5. The molecule has 1 unspecified atom stereocenters. The van der Waals surface area contributed by atoms with E-state index in [1.807, 2.05) is 42.5 Å². The fourth-order valence-electron chi connectivity index (χ4n) is 5.20. The maximum Gasteiger partial charge on any atom is 0.472 e. The van der Waals surface area contributed by atoms with Crippen molar-refractivity contribution in [3.63, 3.8) is 0 Å². The van der Waals surface area contributed by atoms with Gasteiger partial charge in [0.05, 0.1) is 25.9 Å². The number of allylic oxidation sites excluding steroid dienone is 12. The molecule has 0 rings (SSSR count). The summed E-state index contributed by atoms with van der Waals surface area (Å²) >= 11 is 0. The van der Waals surface area contributed by atoms with Gasteiger partial charge in [0.1, 0.15) is 12.7 Å². The molecule has 0 aromatic heterocycles. The molecule has 0 aliphatic carbocycles. The van der Waals surface area contributed by atoms with Gasteiger partial charge in [-0.1, -0.05) is 144 Å². The van der Waals surface area contributed by atoms with Crippen LogP contribution in [-0.2, 0) is 32.7 Å². The number of aliphatic hydroxyl groups is 3. The van der Waals surface area contributed by atoms with Gasteiger partial charge in [0.25, 0.3) is 0 Å². The van der Waals surface area contributed by atoms with Crippen LogP contribution < -0.4 is 0 Å². The van der Waals surface area contributed by atoms with Gasteiger partial charge < -0.3 is 29.7 Å². The van der Waals surface area contributed by atoms with Crippen molar-refractivity contribution in [3.05, 3.63) is 85.1 Å². The summed E-state index contributed by atoms with van der Waals surface area (Å²) in [4.78, 5) is 34.9. The fourth-order valence-corrected chi connectivity index (χ4v) is 5.99. The minimum absolute atomic E-state index is 0.0613. The molecule has 0 aliphatic heterocycles. The maximum absolute atomic E-state index is 12.6. The second-order valence-electron chi connectivity index (χ2n) is 14.2. The second-order valence-corrected chi connectivity index (χ2v) is 15.7. The van der Waals surface area contributed by atoms with E-state index < -0.39 is 57.9 Å². The highest BCUT2D eigenvalue weighted by Crippen LogP contribution is 2.43. The lowest BCUT2D eigenvalue weighted by Crippen LogP contribution is -2.29. The average Bonchev–Trinajstić information content (AvgIpc) is 3.21. The SMILES string of the molecule is CCCCC/C=C\C[C@H](O)/C=C/C=C\C/C=C\CCCC(=O)O[C@H](COC(=O)CCC/C=C\C/C=C\C/C=C\CCCCCCCC)COP(=O)(O)OC[C@@H](O)CO. The lowest BCUT2D eigenvalue weighted by atomic mass is 10.1.